The minimum atomic E-state index is -1.82. The third-order valence-electron chi connectivity index (χ3n) is 4.45. The topological polar surface area (TPSA) is 117 Å². The Balaban J connectivity index is 0.000000469. The minimum absolute atomic E-state index is 0.142. The minimum Gasteiger partial charge on any atom is -0.493 e. The molecule has 162 valence electrons. The van der Waals surface area contributed by atoms with Crippen molar-refractivity contribution in [1.29, 1.82) is 0 Å². The number of carbonyl (C=O) groups is 3. The molecule has 1 amide bonds. The summed E-state index contributed by atoms with van der Waals surface area (Å²) in [5.41, 5.74) is 1.11. The van der Waals surface area contributed by atoms with Crippen molar-refractivity contribution in [3.8, 4) is 11.5 Å². The van der Waals surface area contributed by atoms with Gasteiger partial charge in [-0.1, -0.05) is 18.2 Å². The summed E-state index contributed by atoms with van der Waals surface area (Å²) >= 11 is 1.50. The Labute approximate surface area is 178 Å². The van der Waals surface area contributed by atoms with Crippen LogP contribution in [0.3, 0.4) is 0 Å². The predicted octanol–water partition coefficient (Wildman–Crippen LogP) is 1.88. The molecule has 2 aromatic rings. The first kappa shape index (κ1) is 23.2. The van der Waals surface area contributed by atoms with E-state index in [9.17, 15) is 4.79 Å². The third kappa shape index (κ3) is 6.19. The first-order valence-electron chi connectivity index (χ1n) is 9.08. The highest BCUT2D eigenvalue weighted by Gasteiger charge is 2.23. The molecule has 3 rings (SSSR count). The number of carbonyl (C=O) groups excluding carboxylic acids is 1. The van der Waals surface area contributed by atoms with Crippen LogP contribution >= 0.6 is 11.3 Å². The van der Waals surface area contributed by atoms with Crippen molar-refractivity contribution in [2.45, 2.75) is 6.54 Å². The number of carboxylic acid groups (broad SMARTS) is 2. The molecule has 0 saturated carbocycles. The molecule has 1 aromatic heterocycles. The van der Waals surface area contributed by atoms with Crippen molar-refractivity contribution in [2.24, 2.45) is 0 Å². The fourth-order valence-electron chi connectivity index (χ4n) is 2.98. The normalized spacial score (nSPS) is 13.7. The highest BCUT2D eigenvalue weighted by molar-refractivity contribution is 7.12. The van der Waals surface area contributed by atoms with Crippen molar-refractivity contribution in [3.63, 3.8) is 0 Å². The number of thiophene rings is 1. The summed E-state index contributed by atoms with van der Waals surface area (Å²) < 4.78 is 10.9. The van der Waals surface area contributed by atoms with Gasteiger partial charge in [-0.25, -0.2) is 9.59 Å². The van der Waals surface area contributed by atoms with Gasteiger partial charge >= 0.3 is 11.9 Å². The first-order chi connectivity index (χ1) is 14.4. The average molecular weight is 436 g/mol. The Kier molecular flexibility index (Phi) is 8.63. The Bertz CT molecular complexity index is 850. The highest BCUT2D eigenvalue weighted by Crippen LogP contribution is 2.31. The van der Waals surface area contributed by atoms with Crippen molar-refractivity contribution < 1.29 is 34.1 Å². The molecule has 2 heterocycles. The van der Waals surface area contributed by atoms with Gasteiger partial charge in [0.15, 0.2) is 11.5 Å². The van der Waals surface area contributed by atoms with Gasteiger partial charge in [0, 0.05) is 38.3 Å². The average Bonchev–Trinajstić information content (AvgIpc) is 3.29. The maximum Gasteiger partial charge on any atom is 0.414 e. The lowest BCUT2D eigenvalue weighted by atomic mass is 10.1. The second kappa shape index (κ2) is 11.2. The monoisotopic (exact) mass is 436 g/mol. The molecule has 9 nitrogen and oxygen atoms in total. The third-order valence-corrected chi connectivity index (χ3v) is 5.31. The molecule has 0 spiro atoms. The summed E-state index contributed by atoms with van der Waals surface area (Å²) in [6.45, 7) is 4.02. The van der Waals surface area contributed by atoms with Gasteiger partial charge in [0.2, 0.25) is 0 Å². The van der Waals surface area contributed by atoms with Gasteiger partial charge in [0.1, 0.15) is 0 Å². The van der Waals surface area contributed by atoms with Gasteiger partial charge < -0.3 is 24.6 Å². The summed E-state index contributed by atoms with van der Waals surface area (Å²) in [4.78, 5) is 35.7. The number of methoxy groups -OCH3 is 2. The maximum atomic E-state index is 12.4. The van der Waals surface area contributed by atoms with Crippen molar-refractivity contribution in [1.82, 2.24) is 9.80 Å². The van der Waals surface area contributed by atoms with E-state index in [1.165, 1.54) is 11.3 Å². The summed E-state index contributed by atoms with van der Waals surface area (Å²) in [7, 11) is 3.32. The van der Waals surface area contributed by atoms with Gasteiger partial charge in [-0.05, 0) is 17.5 Å². The number of aliphatic carboxylic acids is 2. The second-order valence-corrected chi connectivity index (χ2v) is 7.26. The molecule has 10 heteroatoms. The van der Waals surface area contributed by atoms with E-state index in [0.717, 1.165) is 54.7 Å². The molecule has 1 aliphatic heterocycles. The van der Waals surface area contributed by atoms with Crippen molar-refractivity contribution in [2.75, 3.05) is 40.4 Å². The number of hydrogen-bond acceptors (Lipinski definition) is 7. The van der Waals surface area contributed by atoms with Crippen LogP contribution in [0.15, 0.2) is 35.7 Å². The number of carboxylic acids is 2. The predicted molar refractivity (Wildman–Crippen MR) is 110 cm³/mol. The zero-order chi connectivity index (χ0) is 22.1. The fourth-order valence-corrected chi connectivity index (χ4v) is 3.68. The van der Waals surface area contributed by atoms with Crippen LogP contribution in [0.2, 0.25) is 0 Å². The van der Waals surface area contributed by atoms with E-state index in [1.807, 2.05) is 34.5 Å². The van der Waals surface area contributed by atoms with E-state index < -0.39 is 11.9 Å². The Hall–Kier alpha value is -3.11. The van der Waals surface area contributed by atoms with Crippen LogP contribution in [-0.4, -0.2) is 78.3 Å². The highest BCUT2D eigenvalue weighted by atomic mass is 32.1. The molecule has 1 aromatic carbocycles. The van der Waals surface area contributed by atoms with Crippen LogP contribution in [0, 0.1) is 0 Å². The summed E-state index contributed by atoms with van der Waals surface area (Å²) in [6, 6.07) is 9.75. The Morgan fingerprint density at radius 1 is 0.967 bits per heavy atom. The molecule has 1 aliphatic rings. The summed E-state index contributed by atoms with van der Waals surface area (Å²) in [6.07, 6.45) is 0. The Morgan fingerprint density at radius 2 is 1.63 bits per heavy atom. The first-order valence-corrected chi connectivity index (χ1v) is 9.96. The van der Waals surface area contributed by atoms with Crippen LogP contribution in [0.25, 0.3) is 0 Å². The van der Waals surface area contributed by atoms with E-state index in [0.29, 0.717) is 0 Å². The smallest absolute Gasteiger partial charge is 0.414 e. The molecule has 0 unspecified atom stereocenters. The van der Waals surface area contributed by atoms with E-state index in [2.05, 4.69) is 11.0 Å². The van der Waals surface area contributed by atoms with E-state index in [4.69, 9.17) is 29.3 Å². The number of hydrogen-bond donors (Lipinski definition) is 2. The molecule has 2 N–H and O–H groups in total. The Morgan fingerprint density at radius 3 is 2.13 bits per heavy atom. The van der Waals surface area contributed by atoms with E-state index >= 15 is 0 Å². The summed E-state index contributed by atoms with van der Waals surface area (Å²) in [5, 5.41) is 16.7. The SMILES string of the molecule is COc1cccc(CN2CCN(C(=O)c3cccs3)CC2)c1OC.O=C(O)C(=O)O. The summed E-state index contributed by atoms with van der Waals surface area (Å²) in [5.74, 6) is -1.97. The maximum absolute atomic E-state index is 12.4. The van der Waals surface area contributed by atoms with Crippen LogP contribution in [-0.2, 0) is 16.1 Å². The number of nitrogens with zero attached hydrogens (tertiary/aromatic N) is 2. The van der Waals surface area contributed by atoms with Crippen LogP contribution < -0.4 is 9.47 Å². The van der Waals surface area contributed by atoms with Crippen LogP contribution in [0.1, 0.15) is 15.2 Å². The zero-order valence-corrected chi connectivity index (χ0v) is 17.6. The lowest BCUT2D eigenvalue weighted by molar-refractivity contribution is -0.159. The van der Waals surface area contributed by atoms with Gasteiger partial charge in [0.25, 0.3) is 5.91 Å². The molecule has 0 aliphatic carbocycles. The standard InChI is InChI=1S/C18H22N2O3S.C2H2O4/c1-22-15-6-3-5-14(17(15)23-2)13-19-8-10-20(11-9-19)18(21)16-7-4-12-24-16;3-1(4)2(5)6/h3-7,12H,8-11,13H2,1-2H3;(H,3,4)(H,5,6). The number of ether oxygens (including phenoxy) is 2. The van der Waals surface area contributed by atoms with Crippen LogP contribution in [0.4, 0.5) is 0 Å². The van der Waals surface area contributed by atoms with Crippen molar-refractivity contribution >= 4 is 29.2 Å². The van der Waals surface area contributed by atoms with E-state index in [-0.39, 0.29) is 5.91 Å². The molecule has 1 fully saturated rings. The fraction of sp³-hybridized carbons (Fsp3) is 0.350. The molecular weight excluding hydrogens is 412 g/mol. The van der Waals surface area contributed by atoms with Crippen LogP contribution in [0.5, 0.6) is 11.5 Å². The zero-order valence-electron chi connectivity index (χ0n) is 16.7. The van der Waals surface area contributed by atoms with Gasteiger partial charge in [-0.15, -0.1) is 11.3 Å². The molecule has 0 atom stereocenters. The number of benzene rings is 1. The molecule has 30 heavy (non-hydrogen) atoms. The number of para-hydroxylation sites is 1. The van der Waals surface area contributed by atoms with Crippen molar-refractivity contribution in [3.05, 3.63) is 46.2 Å². The number of rotatable bonds is 5. The van der Waals surface area contributed by atoms with Gasteiger partial charge in [-0.2, -0.15) is 0 Å². The quantitative estimate of drug-likeness (QED) is 0.683. The molecule has 0 bridgehead atoms. The van der Waals surface area contributed by atoms with E-state index in [1.54, 1.807) is 14.2 Å². The van der Waals surface area contributed by atoms with Gasteiger partial charge in [-0.3, -0.25) is 9.69 Å². The lowest BCUT2D eigenvalue weighted by Gasteiger charge is -2.34. The second-order valence-electron chi connectivity index (χ2n) is 6.31. The largest absolute Gasteiger partial charge is 0.493 e. The number of amides is 1. The molecule has 1 saturated heterocycles. The van der Waals surface area contributed by atoms with Gasteiger partial charge in [0.05, 0.1) is 19.1 Å². The number of piperazine rings is 1. The lowest BCUT2D eigenvalue weighted by Crippen LogP contribution is -2.48. The molecular formula is C20H24N2O7S. The molecule has 0 radical (unpaired) electrons.